The van der Waals surface area contributed by atoms with Crippen LogP contribution >= 0.6 is 0 Å². The minimum absolute atomic E-state index is 0.00346. The number of carboxylic acids is 1. The third-order valence-corrected chi connectivity index (χ3v) is 5.95. The normalized spacial score (nSPS) is 16.6. The molecule has 0 unspecified atom stereocenters. The summed E-state index contributed by atoms with van der Waals surface area (Å²) in [6, 6.07) is 12.0. The summed E-state index contributed by atoms with van der Waals surface area (Å²) in [7, 11) is 0. The van der Waals surface area contributed by atoms with Crippen molar-refractivity contribution in [3.8, 4) is 17.6 Å². The Kier molecular flexibility index (Phi) is 6.56. The van der Waals surface area contributed by atoms with E-state index in [4.69, 9.17) is 4.74 Å². The fourth-order valence-corrected chi connectivity index (χ4v) is 4.61. The van der Waals surface area contributed by atoms with Crippen molar-refractivity contribution in [3.05, 3.63) is 69.8 Å². The van der Waals surface area contributed by atoms with Crippen molar-refractivity contribution in [2.45, 2.75) is 78.2 Å². The molecule has 0 atom stereocenters. The van der Waals surface area contributed by atoms with Crippen LogP contribution < -0.4 is 4.74 Å². The first kappa shape index (κ1) is 23.7. The van der Waals surface area contributed by atoms with E-state index in [2.05, 4.69) is 65.5 Å². The monoisotopic (exact) mass is 430 g/mol. The molecule has 0 aromatic heterocycles. The van der Waals surface area contributed by atoms with Crippen molar-refractivity contribution in [3.63, 3.8) is 0 Å². The minimum atomic E-state index is -0.882. The molecule has 2 aromatic rings. The summed E-state index contributed by atoms with van der Waals surface area (Å²) in [6.07, 6.45) is 3.14. The number of hydrogen-bond acceptors (Lipinski definition) is 2. The third-order valence-electron chi connectivity index (χ3n) is 5.95. The second-order valence-electron chi connectivity index (χ2n) is 10.2. The van der Waals surface area contributed by atoms with Gasteiger partial charge in [0.2, 0.25) is 0 Å². The predicted octanol–water partition coefficient (Wildman–Crippen LogP) is 6.93. The maximum absolute atomic E-state index is 11.3. The molecule has 0 saturated carbocycles. The van der Waals surface area contributed by atoms with Crippen molar-refractivity contribution < 1.29 is 14.6 Å². The van der Waals surface area contributed by atoms with Crippen LogP contribution in [-0.2, 0) is 10.2 Å². The SMILES string of the molecule is CCC(=Cc1cccc(C#Cc2cc(C(C)C)c3c(c2)C(C)(C)CC(C)(C)O3)c1)C(=O)O. The van der Waals surface area contributed by atoms with Crippen LogP contribution in [0.25, 0.3) is 6.08 Å². The van der Waals surface area contributed by atoms with Crippen LogP contribution in [0.5, 0.6) is 5.75 Å². The van der Waals surface area contributed by atoms with Crippen molar-refractivity contribution in [2.75, 3.05) is 0 Å². The Labute approximate surface area is 192 Å². The lowest BCUT2D eigenvalue weighted by atomic mass is 9.72. The van der Waals surface area contributed by atoms with E-state index in [1.165, 1.54) is 11.1 Å². The molecule has 3 nitrogen and oxygen atoms in total. The first-order valence-electron chi connectivity index (χ1n) is 11.4. The quantitative estimate of drug-likeness (QED) is 0.423. The molecular formula is C29H34O3. The minimum Gasteiger partial charge on any atom is -0.487 e. The van der Waals surface area contributed by atoms with Crippen LogP contribution in [0.3, 0.4) is 0 Å². The summed E-state index contributed by atoms with van der Waals surface area (Å²) < 4.78 is 6.45. The highest BCUT2D eigenvalue weighted by atomic mass is 16.5. The molecule has 0 fully saturated rings. The van der Waals surface area contributed by atoms with Crippen LogP contribution in [0.15, 0.2) is 42.0 Å². The average Bonchev–Trinajstić information content (AvgIpc) is 2.69. The van der Waals surface area contributed by atoms with Crippen LogP contribution in [0, 0.1) is 11.8 Å². The van der Waals surface area contributed by atoms with Crippen molar-refractivity contribution >= 4 is 12.0 Å². The molecule has 3 rings (SSSR count). The van der Waals surface area contributed by atoms with Crippen molar-refractivity contribution in [2.24, 2.45) is 0 Å². The van der Waals surface area contributed by atoms with Crippen LogP contribution in [0.2, 0.25) is 0 Å². The van der Waals surface area contributed by atoms with Crippen LogP contribution in [0.4, 0.5) is 0 Å². The van der Waals surface area contributed by atoms with Gasteiger partial charge < -0.3 is 9.84 Å². The fraction of sp³-hybridized carbons (Fsp3) is 0.414. The Morgan fingerprint density at radius 2 is 1.81 bits per heavy atom. The van der Waals surface area contributed by atoms with Crippen molar-refractivity contribution in [1.29, 1.82) is 0 Å². The molecule has 0 aliphatic carbocycles. The van der Waals surface area contributed by atoms with Gasteiger partial charge in [0.1, 0.15) is 11.4 Å². The maximum atomic E-state index is 11.3. The zero-order valence-electron chi connectivity index (χ0n) is 20.3. The van der Waals surface area contributed by atoms with E-state index in [0.29, 0.717) is 17.9 Å². The van der Waals surface area contributed by atoms with E-state index in [9.17, 15) is 9.90 Å². The molecule has 0 spiro atoms. The Morgan fingerprint density at radius 1 is 1.12 bits per heavy atom. The number of rotatable bonds is 4. The maximum Gasteiger partial charge on any atom is 0.331 e. The van der Waals surface area contributed by atoms with E-state index >= 15 is 0 Å². The van der Waals surface area contributed by atoms with E-state index in [1.807, 2.05) is 31.2 Å². The molecule has 1 heterocycles. The smallest absolute Gasteiger partial charge is 0.331 e. The molecule has 0 saturated heterocycles. The summed E-state index contributed by atoms with van der Waals surface area (Å²) >= 11 is 0. The standard InChI is InChI=1S/C29H34O3/c1-8-23(27(30)31)15-21-11-9-10-20(14-21)12-13-22-16-24(19(2)3)26-25(17-22)28(4,5)18-29(6,7)32-26/h9-11,14-17,19H,8,18H2,1-7H3,(H,30,31). The van der Waals surface area contributed by atoms with Gasteiger partial charge >= 0.3 is 5.97 Å². The molecular weight excluding hydrogens is 396 g/mol. The molecule has 1 N–H and O–H groups in total. The number of ether oxygens (including phenoxy) is 1. The Morgan fingerprint density at radius 3 is 2.44 bits per heavy atom. The number of carboxylic acid groups (broad SMARTS) is 1. The van der Waals surface area contributed by atoms with E-state index in [-0.39, 0.29) is 11.0 Å². The predicted molar refractivity (Wildman–Crippen MR) is 131 cm³/mol. The van der Waals surface area contributed by atoms with E-state index < -0.39 is 5.97 Å². The van der Waals surface area contributed by atoms with E-state index in [0.717, 1.165) is 28.9 Å². The average molecular weight is 431 g/mol. The molecule has 3 heteroatoms. The summed E-state index contributed by atoms with van der Waals surface area (Å²) in [5.41, 5.74) is 5.28. The van der Waals surface area contributed by atoms with Crippen LogP contribution in [-0.4, -0.2) is 16.7 Å². The molecule has 2 aromatic carbocycles. The number of fused-ring (bicyclic) bond motifs is 1. The van der Waals surface area contributed by atoms with E-state index in [1.54, 1.807) is 6.08 Å². The lowest BCUT2D eigenvalue weighted by Gasteiger charge is -2.43. The molecule has 1 aliphatic rings. The first-order chi connectivity index (χ1) is 14.9. The Hall–Kier alpha value is -2.99. The number of aliphatic carboxylic acids is 1. The Balaban J connectivity index is 2.03. The van der Waals surface area contributed by atoms with Gasteiger partial charge in [-0.1, -0.05) is 58.6 Å². The zero-order chi connectivity index (χ0) is 23.7. The largest absolute Gasteiger partial charge is 0.487 e. The summed E-state index contributed by atoms with van der Waals surface area (Å²) in [6.45, 7) is 15.1. The van der Waals surface area contributed by atoms with Gasteiger partial charge in [-0.05, 0) is 79.5 Å². The van der Waals surface area contributed by atoms with Gasteiger partial charge in [0.15, 0.2) is 0 Å². The topological polar surface area (TPSA) is 46.5 Å². The van der Waals surface area contributed by atoms with Gasteiger partial charge in [-0.15, -0.1) is 0 Å². The highest BCUT2D eigenvalue weighted by molar-refractivity contribution is 5.92. The number of benzene rings is 2. The fourth-order valence-electron chi connectivity index (χ4n) is 4.61. The second kappa shape index (κ2) is 8.87. The lowest BCUT2D eigenvalue weighted by molar-refractivity contribution is -0.132. The molecule has 0 radical (unpaired) electrons. The number of carbonyl (C=O) groups is 1. The molecule has 32 heavy (non-hydrogen) atoms. The van der Waals surface area contributed by atoms with Gasteiger partial charge in [-0.25, -0.2) is 4.79 Å². The summed E-state index contributed by atoms with van der Waals surface area (Å²) in [4.78, 5) is 11.3. The second-order valence-corrected chi connectivity index (χ2v) is 10.2. The Bertz CT molecular complexity index is 1120. The molecule has 1 aliphatic heterocycles. The summed E-state index contributed by atoms with van der Waals surface area (Å²) in [5.74, 6) is 7.07. The molecule has 0 amide bonds. The van der Waals surface area contributed by atoms with Crippen molar-refractivity contribution in [1.82, 2.24) is 0 Å². The molecule has 0 bridgehead atoms. The first-order valence-corrected chi connectivity index (χ1v) is 11.4. The number of hydrogen-bond donors (Lipinski definition) is 1. The van der Waals surface area contributed by atoms with Gasteiger partial charge in [0, 0.05) is 22.3 Å². The van der Waals surface area contributed by atoms with Crippen LogP contribution in [0.1, 0.15) is 95.0 Å². The van der Waals surface area contributed by atoms with Gasteiger partial charge in [-0.2, -0.15) is 0 Å². The highest BCUT2D eigenvalue weighted by Gasteiger charge is 2.40. The lowest BCUT2D eigenvalue weighted by Crippen LogP contribution is -2.41. The summed E-state index contributed by atoms with van der Waals surface area (Å²) in [5, 5.41) is 9.29. The van der Waals surface area contributed by atoms with Gasteiger partial charge in [0.25, 0.3) is 0 Å². The van der Waals surface area contributed by atoms with Gasteiger partial charge in [0.05, 0.1) is 0 Å². The third kappa shape index (κ3) is 5.25. The zero-order valence-corrected chi connectivity index (χ0v) is 20.3. The van der Waals surface area contributed by atoms with Gasteiger partial charge in [-0.3, -0.25) is 0 Å². The highest BCUT2D eigenvalue weighted by Crippen LogP contribution is 2.48. The molecule has 168 valence electrons.